The fraction of sp³-hybridized carbons (Fsp3) is 0.571. The van der Waals surface area contributed by atoms with Gasteiger partial charge in [-0.25, -0.2) is 0 Å². The highest BCUT2D eigenvalue weighted by atomic mass is 32.2. The number of hydrogen-bond donors (Lipinski definition) is 1. The number of rotatable bonds is 7. The molecule has 16 heavy (non-hydrogen) atoms. The number of likely N-dealkylation sites (N-methyl/N-ethyl adjacent to an activating group) is 1. The summed E-state index contributed by atoms with van der Waals surface area (Å²) >= 11 is 2.04. The second kappa shape index (κ2) is 7.75. The van der Waals surface area contributed by atoms with Gasteiger partial charge in [0.1, 0.15) is 0 Å². The maximum atomic E-state index is 3.31. The summed E-state index contributed by atoms with van der Waals surface area (Å²) in [6.45, 7) is 5.52. The summed E-state index contributed by atoms with van der Waals surface area (Å²) < 4.78 is 0. The van der Waals surface area contributed by atoms with Crippen LogP contribution in [0.2, 0.25) is 0 Å². The zero-order chi connectivity index (χ0) is 11.8. The lowest BCUT2D eigenvalue weighted by molar-refractivity contribution is 0.613. The van der Waals surface area contributed by atoms with Crippen molar-refractivity contribution in [2.24, 2.45) is 0 Å². The molecular weight excluding hydrogens is 214 g/mol. The largest absolute Gasteiger partial charge is 0.319 e. The molecule has 90 valence electrons. The van der Waals surface area contributed by atoms with E-state index in [0.717, 1.165) is 6.54 Å². The average molecular weight is 237 g/mol. The standard InChI is InChI=1S/C14H23NS/c1-4-16-10-9-13(11-15-3)14-8-6-5-7-12(14)2/h5-8,13,15H,4,9-11H2,1-3H3. The van der Waals surface area contributed by atoms with Crippen molar-refractivity contribution < 1.29 is 0 Å². The lowest BCUT2D eigenvalue weighted by Crippen LogP contribution is -2.18. The van der Waals surface area contributed by atoms with Crippen LogP contribution in [0.25, 0.3) is 0 Å². The molecular formula is C14H23NS. The number of benzene rings is 1. The first-order chi connectivity index (χ1) is 7.79. The molecule has 0 aliphatic heterocycles. The van der Waals surface area contributed by atoms with Gasteiger partial charge in [0.05, 0.1) is 0 Å². The van der Waals surface area contributed by atoms with Crippen LogP contribution in [0.4, 0.5) is 0 Å². The summed E-state index contributed by atoms with van der Waals surface area (Å²) in [5.74, 6) is 3.14. The molecule has 0 radical (unpaired) electrons. The quantitative estimate of drug-likeness (QED) is 0.729. The SMILES string of the molecule is CCSCCC(CNC)c1ccccc1C. The minimum absolute atomic E-state index is 0.658. The van der Waals surface area contributed by atoms with Crippen molar-refractivity contribution in [1.82, 2.24) is 5.32 Å². The topological polar surface area (TPSA) is 12.0 Å². The van der Waals surface area contributed by atoms with Gasteiger partial charge in [0.2, 0.25) is 0 Å². The van der Waals surface area contributed by atoms with E-state index in [0.29, 0.717) is 5.92 Å². The Morgan fingerprint density at radius 1 is 1.31 bits per heavy atom. The summed E-state index contributed by atoms with van der Waals surface area (Å²) in [5.41, 5.74) is 2.93. The summed E-state index contributed by atoms with van der Waals surface area (Å²) in [4.78, 5) is 0. The molecule has 1 rings (SSSR count). The van der Waals surface area contributed by atoms with Crippen LogP contribution >= 0.6 is 11.8 Å². The number of hydrogen-bond acceptors (Lipinski definition) is 2. The van der Waals surface area contributed by atoms with Crippen molar-refractivity contribution >= 4 is 11.8 Å². The van der Waals surface area contributed by atoms with E-state index in [1.807, 2.05) is 18.8 Å². The monoisotopic (exact) mass is 237 g/mol. The summed E-state index contributed by atoms with van der Waals surface area (Å²) in [6, 6.07) is 8.76. The second-order valence-electron chi connectivity index (χ2n) is 4.10. The predicted octanol–water partition coefficient (Wildman–Crippen LogP) is 3.44. The van der Waals surface area contributed by atoms with Crippen molar-refractivity contribution in [3.8, 4) is 0 Å². The van der Waals surface area contributed by atoms with Crippen molar-refractivity contribution in [3.63, 3.8) is 0 Å². The Balaban J connectivity index is 2.65. The third kappa shape index (κ3) is 4.18. The molecule has 1 N–H and O–H groups in total. The summed E-state index contributed by atoms with van der Waals surface area (Å²) in [6.07, 6.45) is 1.27. The van der Waals surface area contributed by atoms with Crippen LogP contribution in [-0.2, 0) is 0 Å². The maximum absolute atomic E-state index is 3.31. The molecule has 1 aromatic carbocycles. The summed E-state index contributed by atoms with van der Waals surface area (Å²) in [5, 5.41) is 3.31. The van der Waals surface area contributed by atoms with E-state index in [1.165, 1.54) is 29.1 Å². The molecule has 0 aliphatic carbocycles. The zero-order valence-corrected chi connectivity index (χ0v) is 11.4. The van der Waals surface area contributed by atoms with Crippen molar-refractivity contribution in [2.45, 2.75) is 26.2 Å². The molecule has 0 heterocycles. The van der Waals surface area contributed by atoms with E-state index in [1.54, 1.807) is 0 Å². The van der Waals surface area contributed by atoms with Crippen LogP contribution in [0.5, 0.6) is 0 Å². The normalized spacial score (nSPS) is 12.7. The van der Waals surface area contributed by atoms with E-state index in [4.69, 9.17) is 0 Å². The highest BCUT2D eigenvalue weighted by Gasteiger charge is 2.12. The van der Waals surface area contributed by atoms with Crippen LogP contribution in [-0.4, -0.2) is 25.1 Å². The van der Waals surface area contributed by atoms with Gasteiger partial charge in [-0.2, -0.15) is 11.8 Å². The van der Waals surface area contributed by atoms with Gasteiger partial charge < -0.3 is 5.32 Å². The Kier molecular flexibility index (Phi) is 6.58. The van der Waals surface area contributed by atoms with Gasteiger partial charge in [-0.15, -0.1) is 0 Å². The minimum Gasteiger partial charge on any atom is -0.319 e. The van der Waals surface area contributed by atoms with E-state index in [2.05, 4.69) is 43.4 Å². The Hall–Kier alpha value is -0.470. The van der Waals surface area contributed by atoms with E-state index < -0.39 is 0 Å². The molecule has 0 aromatic heterocycles. The lowest BCUT2D eigenvalue weighted by Gasteiger charge is -2.18. The molecule has 1 aromatic rings. The molecule has 0 spiro atoms. The number of aryl methyl sites for hydroxylation is 1. The molecule has 2 heteroatoms. The van der Waals surface area contributed by atoms with E-state index >= 15 is 0 Å². The molecule has 0 fully saturated rings. The molecule has 0 saturated carbocycles. The van der Waals surface area contributed by atoms with Crippen LogP contribution in [0.1, 0.15) is 30.4 Å². The van der Waals surface area contributed by atoms with Crippen molar-refractivity contribution in [3.05, 3.63) is 35.4 Å². The molecule has 1 atom stereocenters. The van der Waals surface area contributed by atoms with Gasteiger partial charge in [-0.1, -0.05) is 31.2 Å². The van der Waals surface area contributed by atoms with Crippen LogP contribution in [0, 0.1) is 6.92 Å². The van der Waals surface area contributed by atoms with Crippen molar-refractivity contribution in [2.75, 3.05) is 25.1 Å². The summed E-state index contributed by atoms with van der Waals surface area (Å²) in [7, 11) is 2.04. The maximum Gasteiger partial charge on any atom is 0.00175 e. The Bertz CT molecular complexity index is 299. The van der Waals surface area contributed by atoms with E-state index in [-0.39, 0.29) is 0 Å². The first-order valence-electron chi connectivity index (χ1n) is 6.07. The van der Waals surface area contributed by atoms with Gasteiger partial charge in [-0.05, 0) is 48.9 Å². The third-order valence-corrected chi connectivity index (χ3v) is 3.83. The fourth-order valence-electron chi connectivity index (χ4n) is 2.03. The predicted molar refractivity (Wildman–Crippen MR) is 75.5 cm³/mol. The Morgan fingerprint density at radius 2 is 2.06 bits per heavy atom. The Labute approximate surface area is 104 Å². The highest BCUT2D eigenvalue weighted by molar-refractivity contribution is 7.99. The molecule has 1 nitrogen and oxygen atoms in total. The first-order valence-corrected chi connectivity index (χ1v) is 7.23. The lowest BCUT2D eigenvalue weighted by atomic mass is 9.92. The van der Waals surface area contributed by atoms with Crippen LogP contribution in [0.15, 0.2) is 24.3 Å². The van der Waals surface area contributed by atoms with Gasteiger partial charge >= 0.3 is 0 Å². The number of thioether (sulfide) groups is 1. The van der Waals surface area contributed by atoms with Crippen molar-refractivity contribution in [1.29, 1.82) is 0 Å². The molecule has 1 unspecified atom stereocenters. The zero-order valence-electron chi connectivity index (χ0n) is 10.6. The first kappa shape index (κ1) is 13.6. The number of nitrogens with one attached hydrogen (secondary N) is 1. The highest BCUT2D eigenvalue weighted by Crippen LogP contribution is 2.24. The molecule has 0 aliphatic rings. The second-order valence-corrected chi connectivity index (χ2v) is 5.49. The third-order valence-electron chi connectivity index (χ3n) is 2.89. The fourth-order valence-corrected chi connectivity index (χ4v) is 2.77. The Morgan fingerprint density at radius 3 is 2.69 bits per heavy atom. The van der Waals surface area contributed by atoms with Crippen LogP contribution in [0.3, 0.4) is 0 Å². The molecule has 0 amide bonds. The smallest absolute Gasteiger partial charge is 0.00175 e. The molecule has 0 saturated heterocycles. The van der Waals surface area contributed by atoms with Gasteiger partial charge in [0.15, 0.2) is 0 Å². The van der Waals surface area contributed by atoms with Gasteiger partial charge in [0, 0.05) is 6.54 Å². The average Bonchev–Trinajstić information content (AvgIpc) is 2.29. The van der Waals surface area contributed by atoms with Crippen LogP contribution < -0.4 is 5.32 Å². The van der Waals surface area contributed by atoms with Gasteiger partial charge in [-0.3, -0.25) is 0 Å². The molecule has 0 bridgehead atoms. The minimum atomic E-state index is 0.658. The van der Waals surface area contributed by atoms with E-state index in [9.17, 15) is 0 Å². The van der Waals surface area contributed by atoms with Gasteiger partial charge in [0.25, 0.3) is 0 Å².